The Kier molecular flexibility index (Phi) is 7.90. The highest BCUT2D eigenvalue weighted by Crippen LogP contribution is 2.23. The summed E-state index contributed by atoms with van der Waals surface area (Å²) in [5.74, 6) is -0.253. The van der Waals surface area contributed by atoms with Gasteiger partial charge >= 0.3 is 0 Å². The zero-order valence-corrected chi connectivity index (χ0v) is 19.4. The molecule has 172 valence electrons. The predicted molar refractivity (Wildman–Crippen MR) is 125 cm³/mol. The monoisotopic (exact) mass is 457 g/mol. The van der Waals surface area contributed by atoms with Crippen LogP contribution in [0.1, 0.15) is 53.6 Å². The Bertz CT molecular complexity index is 1080. The average Bonchev–Trinajstić information content (AvgIpc) is 2.77. The number of rotatable bonds is 8. The number of anilines is 1. The lowest BCUT2D eigenvalue weighted by Crippen LogP contribution is -2.38. The average molecular weight is 458 g/mol. The number of hydrogen-bond acceptors (Lipinski definition) is 4. The molecule has 0 aliphatic heterocycles. The summed E-state index contributed by atoms with van der Waals surface area (Å²) in [5, 5.41) is 5.65. The first-order chi connectivity index (χ1) is 15.3. The zero-order chi connectivity index (χ0) is 23.1. The van der Waals surface area contributed by atoms with E-state index in [1.54, 1.807) is 31.2 Å². The largest absolute Gasteiger partial charge is 0.354 e. The molecule has 0 aromatic heterocycles. The van der Waals surface area contributed by atoms with Crippen molar-refractivity contribution < 1.29 is 18.0 Å². The molecule has 7 nitrogen and oxygen atoms in total. The highest BCUT2D eigenvalue weighted by atomic mass is 32.2. The van der Waals surface area contributed by atoms with Crippen LogP contribution in [0.5, 0.6) is 0 Å². The lowest BCUT2D eigenvalue weighted by atomic mass is 9.89. The molecule has 0 saturated heterocycles. The highest BCUT2D eigenvalue weighted by Gasteiger charge is 2.21. The van der Waals surface area contributed by atoms with Gasteiger partial charge in [0.1, 0.15) is 0 Å². The van der Waals surface area contributed by atoms with Crippen LogP contribution in [-0.2, 0) is 14.8 Å². The molecular formula is C24H31N3O4S. The smallest absolute Gasteiger partial charge is 0.261 e. The van der Waals surface area contributed by atoms with E-state index in [2.05, 4.69) is 15.4 Å². The third kappa shape index (κ3) is 6.32. The third-order valence-electron chi connectivity index (χ3n) is 5.72. The van der Waals surface area contributed by atoms with Crippen molar-refractivity contribution in [3.05, 3.63) is 59.2 Å². The van der Waals surface area contributed by atoms with E-state index in [1.165, 1.54) is 18.6 Å². The topological polar surface area (TPSA) is 104 Å². The predicted octanol–water partition coefficient (Wildman–Crippen LogP) is 3.53. The van der Waals surface area contributed by atoms with E-state index in [4.69, 9.17) is 0 Å². The number of carbonyl (C=O) groups is 2. The van der Waals surface area contributed by atoms with Gasteiger partial charge in [0.15, 0.2) is 0 Å². The van der Waals surface area contributed by atoms with E-state index in [0.717, 1.165) is 31.2 Å². The van der Waals surface area contributed by atoms with Gasteiger partial charge in [-0.25, -0.2) is 8.42 Å². The summed E-state index contributed by atoms with van der Waals surface area (Å²) in [6.45, 7) is 4.25. The molecule has 1 aliphatic carbocycles. The molecule has 32 heavy (non-hydrogen) atoms. The van der Waals surface area contributed by atoms with Crippen molar-refractivity contribution in [2.45, 2.75) is 50.8 Å². The van der Waals surface area contributed by atoms with Gasteiger partial charge in [-0.2, -0.15) is 0 Å². The van der Waals surface area contributed by atoms with Crippen molar-refractivity contribution in [1.29, 1.82) is 0 Å². The van der Waals surface area contributed by atoms with Gasteiger partial charge in [0, 0.05) is 30.3 Å². The van der Waals surface area contributed by atoms with Crippen LogP contribution >= 0.6 is 0 Å². The summed E-state index contributed by atoms with van der Waals surface area (Å²) in [4.78, 5) is 24.9. The van der Waals surface area contributed by atoms with Crippen LogP contribution in [0.3, 0.4) is 0 Å². The Labute approximate surface area is 190 Å². The Morgan fingerprint density at radius 1 is 0.938 bits per heavy atom. The van der Waals surface area contributed by atoms with Crippen molar-refractivity contribution in [2.24, 2.45) is 5.92 Å². The fraction of sp³-hybridized carbons (Fsp3) is 0.417. The van der Waals surface area contributed by atoms with Gasteiger partial charge in [-0.3, -0.25) is 14.3 Å². The van der Waals surface area contributed by atoms with E-state index in [-0.39, 0.29) is 34.7 Å². The fourth-order valence-corrected chi connectivity index (χ4v) is 4.98. The van der Waals surface area contributed by atoms with Crippen molar-refractivity contribution in [3.8, 4) is 0 Å². The number of nitrogens with one attached hydrogen (secondary N) is 3. The molecule has 8 heteroatoms. The molecule has 1 aliphatic rings. The Morgan fingerprint density at radius 2 is 1.66 bits per heavy atom. The van der Waals surface area contributed by atoms with E-state index < -0.39 is 10.0 Å². The van der Waals surface area contributed by atoms with Crippen LogP contribution in [0, 0.1) is 19.8 Å². The Balaban J connectivity index is 1.59. The standard InChI is InChI=1S/C24H31N3O4S/c1-17-7-6-10-20(15-17)27-32(30,31)21-12-11-18(2)22(16-21)24(29)26-14-13-25-23(28)19-8-4-3-5-9-19/h6-7,10-12,15-16,19,27H,3-5,8-9,13-14H2,1-2H3,(H,25,28)(H,26,29). The number of benzene rings is 2. The SMILES string of the molecule is Cc1cccc(NS(=O)(=O)c2ccc(C)c(C(=O)NCCNC(=O)C3CCCCC3)c2)c1. The second-order valence-corrected chi connectivity index (χ2v) is 10.0. The van der Waals surface area contributed by atoms with Crippen molar-refractivity contribution in [3.63, 3.8) is 0 Å². The minimum absolute atomic E-state index is 0.0142. The summed E-state index contributed by atoms with van der Waals surface area (Å²) in [6.07, 6.45) is 5.22. The highest BCUT2D eigenvalue weighted by molar-refractivity contribution is 7.92. The molecule has 0 radical (unpaired) electrons. The molecule has 3 rings (SSSR count). The first-order valence-corrected chi connectivity index (χ1v) is 12.5. The second-order valence-electron chi connectivity index (χ2n) is 8.33. The van der Waals surface area contributed by atoms with Crippen LogP contribution < -0.4 is 15.4 Å². The van der Waals surface area contributed by atoms with Gasteiger partial charge in [0.25, 0.3) is 15.9 Å². The maximum atomic E-state index is 12.8. The molecule has 2 aromatic carbocycles. The number of sulfonamides is 1. The van der Waals surface area contributed by atoms with E-state index in [9.17, 15) is 18.0 Å². The maximum Gasteiger partial charge on any atom is 0.261 e. The minimum atomic E-state index is -3.84. The van der Waals surface area contributed by atoms with Crippen LogP contribution in [0.15, 0.2) is 47.4 Å². The third-order valence-corrected chi connectivity index (χ3v) is 7.10. The maximum absolute atomic E-state index is 12.8. The molecule has 0 bridgehead atoms. The fourth-order valence-electron chi connectivity index (χ4n) is 3.90. The number of amides is 2. The quantitative estimate of drug-likeness (QED) is 0.528. The van der Waals surface area contributed by atoms with Crippen LogP contribution in [0.4, 0.5) is 5.69 Å². The van der Waals surface area contributed by atoms with Crippen LogP contribution in [0.25, 0.3) is 0 Å². The van der Waals surface area contributed by atoms with E-state index in [0.29, 0.717) is 17.8 Å². The minimum Gasteiger partial charge on any atom is -0.354 e. The normalized spacial score (nSPS) is 14.6. The van der Waals surface area contributed by atoms with E-state index in [1.807, 2.05) is 13.0 Å². The summed E-state index contributed by atoms with van der Waals surface area (Å²) in [5.41, 5.74) is 2.36. The summed E-state index contributed by atoms with van der Waals surface area (Å²) < 4.78 is 28.1. The number of carbonyl (C=O) groups excluding carboxylic acids is 2. The summed E-state index contributed by atoms with van der Waals surface area (Å²) in [6, 6.07) is 11.5. The molecule has 3 N–H and O–H groups in total. The Morgan fingerprint density at radius 3 is 2.38 bits per heavy atom. The number of aryl methyl sites for hydroxylation is 2. The molecule has 0 atom stereocenters. The Hall–Kier alpha value is -2.87. The molecule has 2 amide bonds. The van der Waals surface area contributed by atoms with Crippen molar-refractivity contribution in [2.75, 3.05) is 17.8 Å². The molecule has 0 heterocycles. The zero-order valence-electron chi connectivity index (χ0n) is 18.6. The summed E-state index contributed by atoms with van der Waals surface area (Å²) >= 11 is 0. The molecular weight excluding hydrogens is 426 g/mol. The van der Waals surface area contributed by atoms with Gasteiger partial charge in [-0.15, -0.1) is 0 Å². The first-order valence-electron chi connectivity index (χ1n) is 11.0. The molecule has 1 fully saturated rings. The van der Waals surface area contributed by atoms with Crippen molar-refractivity contribution >= 4 is 27.5 Å². The number of hydrogen-bond donors (Lipinski definition) is 3. The van der Waals surface area contributed by atoms with Crippen LogP contribution in [0.2, 0.25) is 0 Å². The summed E-state index contributed by atoms with van der Waals surface area (Å²) in [7, 11) is -3.84. The first kappa shape index (κ1) is 23.8. The lowest BCUT2D eigenvalue weighted by Gasteiger charge is -2.20. The molecule has 0 unspecified atom stereocenters. The van der Waals surface area contributed by atoms with Gasteiger partial charge in [-0.05, 0) is 62.1 Å². The second kappa shape index (κ2) is 10.6. The van der Waals surface area contributed by atoms with Crippen LogP contribution in [-0.4, -0.2) is 33.3 Å². The van der Waals surface area contributed by atoms with E-state index >= 15 is 0 Å². The molecule has 0 spiro atoms. The molecule has 1 saturated carbocycles. The van der Waals surface area contributed by atoms with Gasteiger partial charge in [0.05, 0.1) is 4.90 Å². The van der Waals surface area contributed by atoms with Gasteiger partial charge in [-0.1, -0.05) is 37.5 Å². The van der Waals surface area contributed by atoms with Gasteiger partial charge in [0.2, 0.25) is 5.91 Å². The van der Waals surface area contributed by atoms with Gasteiger partial charge < -0.3 is 10.6 Å². The lowest BCUT2D eigenvalue weighted by molar-refractivity contribution is -0.125. The van der Waals surface area contributed by atoms with Crippen molar-refractivity contribution in [1.82, 2.24) is 10.6 Å². The molecule has 2 aromatic rings.